The van der Waals surface area contributed by atoms with E-state index in [2.05, 4.69) is 36.6 Å². The predicted octanol–water partition coefficient (Wildman–Crippen LogP) is 2.86. The molecule has 3 nitrogen and oxygen atoms in total. The third-order valence-corrected chi connectivity index (χ3v) is 4.28. The molecule has 1 aliphatic rings. The normalized spacial score (nSPS) is 21.4. The minimum absolute atomic E-state index is 0. The maximum absolute atomic E-state index is 12.0. The lowest BCUT2D eigenvalue weighted by Gasteiger charge is -2.34. The average Bonchev–Trinajstić information content (AvgIpc) is 2.45. The number of rotatable bonds is 5. The van der Waals surface area contributed by atoms with Crippen molar-refractivity contribution >= 4 is 18.3 Å². The highest BCUT2D eigenvalue weighted by molar-refractivity contribution is 5.85. The third-order valence-electron chi connectivity index (χ3n) is 4.28. The SMILES string of the molecule is Cc1ccccc1CCC(=O)NCC1(C)CCCNC1.Cl. The van der Waals surface area contributed by atoms with E-state index in [9.17, 15) is 4.79 Å². The van der Waals surface area contributed by atoms with E-state index >= 15 is 0 Å². The zero-order valence-corrected chi connectivity index (χ0v) is 13.9. The van der Waals surface area contributed by atoms with E-state index in [0.29, 0.717) is 6.42 Å². The highest BCUT2D eigenvalue weighted by Gasteiger charge is 2.26. The van der Waals surface area contributed by atoms with Crippen LogP contribution in [0.15, 0.2) is 24.3 Å². The zero-order valence-electron chi connectivity index (χ0n) is 13.1. The molecule has 2 N–H and O–H groups in total. The molecule has 0 bridgehead atoms. The van der Waals surface area contributed by atoms with E-state index in [1.54, 1.807) is 0 Å². The van der Waals surface area contributed by atoms with Gasteiger partial charge >= 0.3 is 0 Å². The van der Waals surface area contributed by atoms with Crippen LogP contribution in [0.2, 0.25) is 0 Å². The average molecular weight is 311 g/mol. The molecule has 1 unspecified atom stereocenters. The molecule has 2 rings (SSSR count). The summed E-state index contributed by atoms with van der Waals surface area (Å²) < 4.78 is 0. The summed E-state index contributed by atoms with van der Waals surface area (Å²) in [6, 6.07) is 8.28. The third kappa shape index (κ3) is 5.68. The van der Waals surface area contributed by atoms with Crippen LogP contribution in [0.5, 0.6) is 0 Å². The smallest absolute Gasteiger partial charge is 0.220 e. The zero-order chi connectivity index (χ0) is 14.4. The van der Waals surface area contributed by atoms with Crippen molar-refractivity contribution in [2.24, 2.45) is 5.41 Å². The number of hydrogen-bond donors (Lipinski definition) is 2. The van der Waals surface area contributed by atoms with E-state index in [-0.39, 0.29) is 23.7 Å². The van der Waals surface area contributed by atoms with E-state index < -0.39 is 0 Å². The number of hydrogen-bond acceptors (Lipinski definition) is 2. The van der Waals surface area contributed by atoms with Gasteiger partial charge in [-0.2, -0.15) is 0 Å². The molecule has 4 heteroatoms. The fourth-order valence-corrected chi connectivity index (χ4v) is 2.81. The second kappa shape index (κ2) is 8.40. The predicted molar refractivity (Wildman–Crippen MR) is 90.0 cm³/mol. The fraction of sp³-hybridized carbons (Fsp3) is 0.588. The van der Waals surface area contributed by atoms with Gasteiger partial charge in [-0.25, -0.2) is 0 Å². The van der Waals surface area contributed by atoms with Crippen LogP contribution in [0.4, 0.5) is 0 Å². The molecule has 0 aromatic heterocycles. The van der Waals surface area contributed by atoms with E-state index in [4.69, 9.17) is 0 Å². The van der Waals surface area contributed by atoms with Crippen LogP contribution in [-0.4, -0.2) is 25.5 Å². The minimum Gasteiger partial charge on any atom is -0.355 e. The van der Waals surface area contributed by atoms with Crippen molar-refractivity contribution in [2.75, 3.05) is 19.6 Å². The summed E-state index contributed by atoms with van der Waals surface area (Å²) in [6.07, 6.45) is 3.80. The summed E-state index contributed by atoms with van der Waals surface area (Å²) in [7, 11) is 0. The maximum Gasteiger partial charge on any atom is 0.220 e. The first-order valence-electron chi connectivity index (χ1n) is 7.61. The number of piperidine rings is 1. The Balaban J connectivity index is 0.00000220. The molecular weight excluding hydrogens is 284 g/mol. The molecule has 1 atom stereocenters. The molecule has 1 heterocycles. The Morgan fingerprint density at radius 3 is 2.81 bits per heavy atom. The molecule has 1 amide bonds. The van der Waals surface area contributed by atoms with Crippen molar-refractivity contribution in [1.82, 2.24) is 10.6 Å². The van der Waals surface area contributed by atoms with Crippen LogP contribution >= 0.6 is 12.4 Å². The molecule has 1 saturated heterocycles. The molecule has 0 saturated carbocycles. The summed E-state index contributed by atoms with van der Waals surface area (Å²) in [4.78, 5) is 12.0. The number of nitrogens with one attached hydrogen (secondary N) is 2. The molecule has 1 aromatic rings. The largest absolute Gasteiger partial charge is 0.355 e. The van der Waals surface area contributed by atoms with Crippen molar-refractivity contribution in [3.05, 3.63) is 35.4 Å². The molecule has 1 fully saturated rings. The van der Waals surface area contributed by atoms with Gasteiger partial charge in [0.1, 0.15) is 0 Å². The lowest BCUT2D eigenvalue weighted by molar-refractivity contribution is -0.121. The van der Waals surface area contributed by atoms with Crippen LogP contribution in [0, 0.1) is 12.3 Å². The van der Waals surface area contributed by atoms with Gasteiger partial charge in [0.05, 0.1) is 0 Å². The highest BCUT2D eigenvalue weighted by atomic mass is 35.5. The number of benzene rings is 1. The molecule has 0 aliphatic carbocycles. The Morgan fingerprint density at radius 2 is 2.14 bits per heavy atom. The van der Waals surface area contributed by atoms with Crippen LogP contribution in [0.25, 0.3) is 0 Å². The van der Waals surface area contributed by atoms with Crippen LogP contribution in [-0.2, 0) is 11.2 Å². The van der Waals surface area contributed by atoms with Crippen molar-refractivity contribution in [3.8, 4) is 0 Å². The fourth-order valence-electron chi connectivity index (χ4n) is 2.81. The Kier molecular flexibility index (Phi) is 7.20. The first kappa shape index (κ1) is 18.0. The second-order valence-electron chi connectivity index (χ2n) is 6.29. The Morgan fingerprint density at radius 1 is 1.38 bits per heavy atom. The van der Waals surface area contributed by atoms with Crippen LogP contribution in [0.1, 0.15) is 37.3 Å². The van der Waals surface area contributed by atoms with Gasteiger partial charge < -0.3 is 10.6 Å². The van der Waals surface area contributed by atoms with E-state index in [0.717, 1.165) is 26.1 Å². The van der Waals surface area contributed by atoms with Crippen LogP contribution in [0.3, 0.4) is 0 Å². The molecule has 1 aliphatic heterocycles. The van der Waals surface area contributed by atoms with Crippen molar-refractivity contribution in [3.63, 3.8) is 0 Å². The van der Waals surface area contributed by atoms with Crippen molar-refractivity contribution in [2.45, 2.75) is 39.5 Å². The monoisotopic (exact) mass is 310 g/mol. The van der Waals surface area contributed by atoms with Crippen LogP contribution < -0.4 is 10.6 Å². The number of amides is 1. The van der Waals surface area contributed by atoms with Gasteiger partial charge in [0.15, 0.2) is 0 Å². The Hall–Kier alpha value is -1.06. The van der Waals surface area contributed by atoms with E-state index in [1.165, 1.54) is 24.0 Å². The van der Waals surface area contributed by atoms with Gasteiger partial charge in [0.2, 0.25) is 5.91 Å². The number of carbonyl (C=O) groups excluding carboxylic acids is 1. The quantitative estimate of drug-likeness (QED) is 0.878. The summed E-state index contributed by atoms with van der Waals surface area (Å²) in [5, 5.41) is 6.52. The van der Waals surface area contributed by atoms with Gasteiger partial charge in [-0.1, -0.05) is 31.2 Å². The molecule has 1 aromatic carbocycles. The minimum atomic E-state index is 0. The first-order chi connectivity index (χ1) is 9.59. The highest BCUT2D eigenvalue weighted by Crippen LogP contribution is 2.24. The molecular formula is C17H27ClN2O. The number of carbonyl (C=O) groups is 1. The summed E-state index contributed by atoms with van der Waals surface area (Å²) >= 11 is 0. The molecule has 118 valence electrons. The van der Waals surface area contributed by atoms with Gasteiger partial charge in [-0.3, -0.25) is 4.79 Å². The summed E-state index contributed by atoms with van der Waals surface area (Å²) in [5.41, 5.74) is 2.76. The first-order valence-corrected chi connectivity index (χ1v) is 7.61. The van der Waals surface area contributed by atoms with Gasteiger partial charge in [-0.05, 0) is 49.3 Å². The second-order valence-corrected chi connectivity index (χ2v) is 6.29. The van der Waals surface area contributed by atoms with E-state index in [1.807, 2.05) is 12.1 Å². The van der Waals surface area contributed by atoms with Gasteiger partial charge in [0, 0.05) is 19.5 Å². The van der Waals surface area contributed by atoms with Gasteiger partial charge in [0.25, 0.3) is 0 Å². The lowest BCUT2D eigenvalue weighted by atomic mass is 9.83. The van der Waals surface area contributed by atoms with Gasteiger partial charge in [-0.15, -0.1) is 12.4 Å². The van der Waals surface area contributed by atoms with Crippen molar-refractivity contribution < 1.29 is 4.79 Å². The standard InChI is InChI=1S/C17H26N2O.ClH/c1-14-6-3-4-7-15(14)8-9-16(20)19-13-17(2)10-5-11-18-12-17;/h3-4,6-7,18H,5,8-13H2,1-2H3,(H,19,20);1H. The lowest BCUT2D eigenvalue weighted by Crippen LogP contribution is -2.45. The van der Waals surface area contributed by atoms with Crippen molar-refractivity contribution in [1.29, 1.82) is 0 Å². The molecule has 0 spiro atoms. The summed E-state index contributed by atoms with van der Waals surface area (Å²) in [5.74, 6) is 0.167. The maximum atomic E-state index is 12.0. The number of aryl methyl sites for hydroxylation is 2. The molecule has 21 heavy (non-hydrogen) atoms. The topological polar surface area (TPSA) is 41.1 Å². The Labute approximate surface area is 134 Å². The Bertz CT molecular complexity index is 456. The molecule has 0 radical (unpaired) electrons. The number of halogens is 1. The summed E-state index contributed by atoms with van der Waals surface area (Å²) in [6.45, 7) is 7.25.